The van der Waals surface area contributed by atoms with Crippen LogP contribution in [-0.2, 0) is 29.8 Å². The molecule has 1 aliphatic carbocycles. The molecular weight excluding hydrogens is 590 g/mol. The Bertz CT molecular complexity index is 1320. The molecule has 202 valence electrons. The van der Waals surface area contributed by atoms with Gasteiger partial charge in [-0.2, -0.15) is 13.2 Å². The first kappa shape index (κ1) is 27.6. The molecule has 1 saturated heterocycles. The Balaban J connectivity index is 1.92. The Hall–Kier alpha value is -2.42. The van der Waals surface area contributed by atoms with E-state index < -0.39 is 55.1 Å². The van der Waals surface area contributed by atoms with Crippen LogP contribution in [0, 0.1) is 5.82 Å². The van der Waals surface area contributed by atoms with E-state index in [1.54, 1.807) is 20.8 Å². The lowest BCUT2D eigenvalue weighted by atomic mass is 10.1. The summed E-state index contributed by atoms with van der Waals surface area (Å²) in [6, 6.07) is 5.28. The molecule has 8 nitrogen and oxygen atoms in total. The van der Waals surface area contributed by atoms with Crippen molar-refractivity contribution < 1.29 is 49.7 Å². The van der Waals surface area contributed by atoms with Crippen LogP contribution in [0.4, 0.5) is 22.4 Å². The third-order valence-electron chi connectivity index (χ3n) is 5.46. The van der Waals surface area contributed by atoms with Crippen molar-refractivity contribution in [3.8, 4) is 11.5 Å². The summed E-state index contributed by atoms with van der Waals surface area (Å²) in [5.41, 5.74) is -7.04. The number of carbonyl (C=O) groups excluding carboxylic acids is 1. The molecule has 1 aliphatic heterocycles. The van der Waals surface area contributed by atoms with Crippen LogP contribution in [0.15, 0.2) is 39.7 Å². The minimum Gasteiger partial charge on any atom is -0.457 e. The highest BCUT2D eigenvalue weighted by atomic mass is 79.9. The van der Waals surface area contributed by atoms with Gasteiger partial charge in [0.25, 0.3) is 9.84 Å². The number of halogens is 5. The van der Waals surface area contributed by atoms with Gasteiger partial charge < -0.3 is 24.3 Å². The molecule has 1 N–H and O–H groups in total. The fourth-order valence-corrected chi connectivity index (χ4v) is 5.65. The van der Waals surface area contributed by atoms with Gasteiger partial charge >= 0.3 is 11.6 Å². The zero-order chi connectivity index (χ0) is 27.4. The minimum atomic E-state index is -5.89. The largest absolute Gasteiger partial charge is 0.501 e. The van der Waals surface area contributed by atoms with Crippen molar-refractivity contribution in [2.75, 3.05) is 13.2 Å². The van der Waals surface area contributed by atoms with E-state index in [-0.39, 0.29) is 36.7 Å². The molecule has 1 fully saturated rings. The Morgan fingerprint density at radius 1 is 1.14 bits per heavy atom. The number of ether oxygens (including phenoxy) is 4. The van der Waals surface area contributed by atoms with Crippen molar-refractivity contribution in [1.82, 2.24) is 5.32 Å². The number of amides is 1. The summed E-state index contributed by atoms with van der Waals surface area (Å²) in [4.78, 5) is 11.5. The van der Waals surface area contributed by atoms with Gasteiger partial charge in [-0.3, -0.25) is 0 Å². The normalized spacial score (nSPS) is 19.1. The van der Waals surface area contributed by atoms with Gasteiger partial charge in [-0.1, -0.05) is 15.9 Å². The Morgan fingerprint density at radius 3 is 2.35 bits per heavy atom. The molecule has 4 rings (SSSR count). The second-order valence-corrected chi connectivity index (χ2v) is 12.3. The molecule has 1 unspecified atom stereocenters. The SMILES string of the molecule is CC(C)(C)NC(=O)OC1CC2(OCCO2)c2c(S(=O)(=O)C(F)(F)F)ccc(Oc3cc(F)cc(Br)c3)c21. The van der Waals surface area contributed by atoms with Gasteiger partial charge in [-0.05, 0) is 45.0 Å². The Kier molecular flexibility index (Phi) is 7.01. The van der Waals surface area contributed by atoms with Crippen LogP contribution in [0.25, 0.3) is 0 Å². The first-order valence-corrected chi connectivity index (χ1v) is 13.2. The van der Waals surface area contributed by atoms with Crippen LogP contribution in [0.5, 0.6) is 11.5 Å². The number of alkyl halides is 3. The highest BCUT2D eigenvalue weighted by molar-refractivity contribution is 9.10. The number of nitrogens with one attached hydrogen (secondary N) is 1. The predicted octanol–water partition coefficient (Wildman–Crippen LogP) is 5.84. The summed E-state index contributed by atoms with van der Waals surface area (Å²) in [5.74, 6) is -2.84. The van der Waals surface area contributed by atoms with E-state index in [0.717, 1.165) is 24.3 Å². The number of hydrogen-bond acceptors (Lipinski definition) is 7. The fraction of sp³-hybridized carbons (Fsp3) is 0.435. The van der Waals surface area contributed by atoms with E-state index >= 15 is 0 Å². The molecule has 37 heavy (non-hydrogen) atoms. The Labute approximate surface area is 218 Å². The molecule has 1 atom stereocenters. The van der Waals surface area contributed by atoms with E-state index in [4.69, 9.17) is 18.9 Å². The summed E-state index contributed by atoms with van der Waals surface area (Å²) in [7, 11) is -5.89. The molecule has 1 amide bonds. The average Bonchev–Trinajstić information content (AvgIpc) is 3.31. The minimum absolute atomic E-state index is 0.0478. The zero-order valence-corrected chi connectivity index (χ0v) is 22.1. The molecule has 2 aromatic carbocycles. The lowest BCUT2D eigenvalue weighted by Crippen LogP contribution is -2.41. The number of carbonyl (C=O) groups is 1. The van der Waals surface area contributed by atoms with Gasteiger partial charge in [0.15, 0.2) is 0 Å². The lowest BCUT2D eigenvalue weighted by molar-refractivity contribution is -0.175. The second kappa shape index (κ2) is 9.40. The molecule has 1 spiro atoms. The number of benzene rings is 2. The van der Waals surface area contributed by atoms with E-state index in [1.165, 1.54) is 6.07 Å². The van der Waals surface area contributed by atoms with E-state index in [2.05, 4.69) is 21.2 Å². The van der Waals surface area contributed by atoms with Crippen molar-refractivity contribution in [3.63, 3.8) is 0 Å². The monoisotopic (exact) mass is 611 g/mol. The van der Waals surface area contributed by atoms with Gasteiger partial charge in [0.1, 0.15) is 23.4 Å². The van der Waals surface area contributed by atoms with Crippen LogP contribution < -0.4 is 10.1 Å². The smallest absolute Gasteiger partial charge is 0.457 e. The quantitative estimate of drug-likeness (QED) is 0.433. The highest BCUT2D eigenvalue weighted by Gasteiger charge is 2.58. The molecule has 0 saturated carbocycles. The van der Waals surface area contributed by atoms with Crippen molar-refractivity contribution >= 4 is 31.9 Å². The van der Waals surface area contributed by atoms with Crippen LogP contribution in [0.2, 0.25) is 0 Å². The highest BCUT2D eigenvalue weighted by Crippen LogP contribution is 2.56. The van der Waals surface area contributed by atoms with E-state index in [9.17, 15) is 30.8 Å². The van der Waals surface area contributed by atoms with Gasteiger partial charge in [0, 0.05) is 33.6 Å². The van der Waals surface area contributed by atoms with Gasteiger partial charge in [0.2, 0.25) is 5.79 Å². The van der Waals surface area contributed by atoms with Crippen molar-refractivity contribution in [3.05, 3.63) is 51.7 Å². The fourth-order valence-electron chi connectivity index (χ4n) is 4.18. The maximum absolute atomic E-state index is 14.0. The topological polar surface area (TPSA) is 100 Å². The summed E-state index contributed by atoms with van der Waals surface area (Å²) in [5, 5.41) is 2.57. The number of hydrogen-bond donors (Lipinski definition) is 1. The standard InChI is InChI=1S/C23H22BrF4NO7S/c1-21(2,3)29-20(30)36-16-11-22(33-6-7-34-22)19-17(37(31,32)23(26,27)28)5-4-15(18(16)19)35-14-9-12(24)8-13(25)10-14/h4-5,8-10,16H,6-7,11H2,1-3H3,(H,29,30). The molecular formula is C23H22BrF4NO7S. The first-order valence-electron chi connectivity index (χ1n) is 10.9. The molecule has 0 radical (unpaired) electrons. The molecule has 0 aromatic heterocycles. The number of alkyl carbamates (subject to hydrolysis) is 1. The molecule has 2 aliphatic rings. The number of fused-ring (bicyclic) bond motifs is 2. The van der Waals surface area contributed by atoms with Gasteiger partial charge in [0.05, 0.1) is 18.1 Å². The van der Waals surface area contributed by atoms with Crippen LogP contribution in [0.1, 0.15) is 44.4 Å². The molecule has 14 heteroatoms. The van der Waals surface area contributed by atoms with Crippen molar-refractivity contribution in [1.29, 1.82) is 0 Å². The summed E-state index contributed by atoms with van der Waals surface area (Å²) in [6.45, 7) is 4.96. The van der Waals surface area contributed by atoms with E-state index in [0.29, 0.717) is 4.47 Å². The molecule has 2 aromatic rings. The second-order valence-electron chi connectivity index (χ2n) is 9.43. The number of rotatable bonds is 4. The van der Waals surface area contributed by atoms with Crippen LogP contribution in [-0.4, -0.2) is 38.8 Å². The summed E-state index contributed by atoms with van der Waals surface area (Å²) < 4.78 is 103. The third-order valence-corrected chi connectivity index (χ3v) is 7.45. The summed E-state index contributed by atoms with van der Waals surface area (Å²) in [6.07, 6.45) is -2.58. The Morgan fingerprint density at radius 2 is 1.78 bits per heavy atom. The molecule has 1 heterocycles. The van der Waals surface area contributed by atoms with Crippen molar-refractivity contribution in [2.24, 2.45) is 0 Å². The van der Waals surface area contributed by atoms with E-state index in [1.807, 2.05) is 0 Å². The zero-order valence-electron chi connectivity index (χ0n) is 19.7. The average molecular weight is 612 g/mol. The summed E-state index contributed by atoms with van der Waals surface area (Å²) >= 11 is 3.13. The number of sulfone groups is 1. The van der Waals surface area contributed by atoms with Crippen LogP contribution in [0.3, 0.4) is 0 Å². The first-order chi connectivity index (χ1) is 17.0. The van der Waals surface area contributed by atoms with Gasteiger partial charge in [-0.25, -0.2) is 17.6 Å². The molecule has 0 bridgehead atoms. The maximum atomic E-state index is 14.0. The van der Waals surface area contributed by atoms with Gasteiger partial charge in [-0.15, -0.1) is 0 Å². The van der Waals surface area contributed by atoms with Crippen LogP contribution >= 0.6 is 15.9 Å². The van der Waals surface area contributed by atoms with Crippen molar-refractivity contribution in [2.45, 2.75) is 55.0 Å². The third kappa shape index (κ3) is 5.42. The maximum Gasteiger partial charge on any atom is 0.501 e. The predicted molar refractivity (Wildman–Crippen MR) is 124 cm³/mol. The lowest BCUT2D eigenvalue weighted by Gasteiger charge is -2.25.